The fourth-order valence-corrected chi connectivity index (χ4v) is 1.64. The second-order valence-corrected chi connectivity index (χ2v) is 2.98. The van der Waals surface area contributed by atoms with Gasteiger partial charge >= 0.3 is 0 Å². The Morgan fingerprint density at radius 3 is 2.89 bits per heavy atom. The summed E-state index contributed by atoms with van der Waals surface area (Å²) >= 11 is 0. The van der Waals surface area contributed by atoms with Crippen molar-refractivity contribution in [3.63, 3.8) is 0 Å². The number of rotatable bonds is 1. The number of hydrogen-bond acceptors (Lipinski definition) is 3. The molecule has 2 aliphatic rings. The van der Waals surface area contributed by atoms with E-state index < -0.39 is 0 Å². The van der Waals surface area contributed by atoms with Crippen LogP contribution in [0.3, 0.4) is 0 Å². The largest absolute Gasteiger partial charge is 0.371 e. The first kappa shape index (κ1) is 5.65. The molecule has 2 aliphatic heterocycles. The van der Waals surface area contributed by atoms with Crippen molar-refractivity contribution in [2.24, 2.45) is 5.73 Å². The number of hydrogen-bond donors (Lipinski definition) is 2. The number of ether oxygens (including phenoxy) is 1. The van der Waals surface area contributed by atoms with Crippen LogP contribution in [0.4, 0.5) is 0 Å². The van der Waals surface area contributed by atoms with Crippen molar-refractivity contribution < 1.29 is 4.74 Å². The van der Waals surface area contributed by atoms with E-state index in [4.69, 9.17) is 10.5 Å². The van der Waals surface area contributed by atoms with E-state index in [1.54, 1.807) is 0 Å². The lowest BCUT2D eigenvalue weighted by atomic mass is 10.0. The number of fused-ring (bicyclic) bond motifs is 2. The van der Waals surface area contributed by atoms with Crippen molar-refractivity contribution in [2.75, 3.05) is 19.7 Å². The van der Waals surface area contributed by atoms with Crippen molar-refractivity contribution in [3.05, 3.63) is 0 Å². The molecule has 2 fully saturated rings. The Hall–Kier alpha value is -0.120. The van der Waals surface area contributed by atoms with E-state index in [2.05, 4.69) is 5.32 Å². The average molecular weight is 128 g/mol. The van der Waals surface area contributed by atoms with E-state index >= 15 is 0 Å². The molecule has 0 aromatic heterocycles. The van der Waals surface area contributed by atoms with E-state index in [9.17, 15) is 0 Å². The lowest BCUT2D eigenvalue weighted by molar-refractivity contribution is 0.00144. The van der Waals surface area contributed by atoms with Crippen molar-refractivity contribution in [1.82, 2.24) is 5.32 Å². The zero-order valence-electron chi connectivity index (χ0n) is 5.39. The Kier molecular flexibility index (Phi) is 1.06. The number of morpholine rings is 1. The maximum Gasteiger partial charge on any atom is 0.0944 e. The fourth-order valence-electron chi connectivity index (χ4n) is 1.64. The molecule has 3 nitrogen and oxygen atoms in total. The lowest BCUT2D eigenvalue weighted by Crippen LogP contribution is -2.44. The Balaban J connectivity index is 2.13. The minimum absolute atomic E-state index is 0.0185. The van der Waals surface area contributed by atoms with Gasteiger partial charge in [-0.1, -0.05) is 0 Å². The van der Waals surface area contributed by atoms with Crippen molar-refractivity contribution in [1.29, 1.82) is 0 Å². The van der Waals surface area contributed by atoms with Gasteiger partial charge in [0.15, 0.2) is 0 Å². The molecule has 0 aliphatic carbocycles. The van der Waals surface area contributed by atoms with E-state index in [0.717, 1.165) is 19.6 Å². The summed E-state index contributed by atoms with van der Waals surface area (Å²) in [6.45, 7) is 2.47. The highest BCUT2D eigenvalue weighted by molar-refractivity contribution is 5.01. The second-order valence-electron chi connectivity index (χ2n) is 2.98. The van der Waals surface area contributed by atoms with Gasteiger partial charge in [-0.2, -0.15) is 0 Å². The lowest BCUT2D eigenvalue weighted by Gasteiger charge is -2.24. The normalized spacial score (nSPS) is 48.3. The SMILES string of the molecule is NCC12CNC(CO1)C2. The van der Waals surface area contributed by atoms with Crippen LogP contribution in [0, 0.1) is 0 Å². The summed E-state index contributed by atoms with van der Waals surface area (Å²) in [6.07, 6.45) is 1.11. The Labute approximate surface area is 54.6 Å². The molecule has 2 saturated heterocycles. The van der Waals surface area contributed by atoms with Crippen molar-refractivity contribution in [2.45, 2.75) is 18.1 Å². The Morgan fingerprint density at radius 2 is 2.67 bits per heavy atom. The van der Waals surface area contributed by atoms with Crippen molar-refractivity contribution in [3.8, 4) is 0 Å². The predicted octanol–water partition coefficient (Wildman–Crippen LogP) is -0.924. The van der Waals surface area contributed by atoms with Gasteiger partial charge in [-0.05, 0) is 6.42 Å². The molecule has 0 radical (unpaired) electrons. The first-order valence-corrected chi connectivity index (χ1v) is 3.42. The highest BCUT2D eigenvalue weighted by Gasteiger charge is 2.44. The molecule has 3 heteroatoms. The van der Waals surface area contributed by atoms with Crippen LogP contribution >= 0.6 is 0 Å². The summed E-state index contributed by atoms with van der Waals surface area (Å²) in [5.41, 5.74) is 5.56. The van der Waals surface area contributed by atoms with Crippen LogP contribution < -0.4 is 11.1 Å². The maximum absolute atomic E-state index is 5.54. The van der Waals surface area contributed by atoms with Gasteiger partial charge in [0.2, 0.25) is 0 Å². The molecule has 2 unspecified atom stereocenters. The number of nitrogens with two attached hydrogens (primary N) is 1. The third-order valence-corrected chi connectivity index (χ3v) is 2.29. The second kappa shape index (κ2) is 1.68. The summed E-state index contributed by atoms with van der Waals surface area (Å²) < 4.78 is 5.50. The van der Waals surface area contributed by atoms with Gasteiger partial charge in [0, 0.05) is 19.1 Å². The van der Waals surface area contributed by atoms with Crippen LogP contribution in [0.2, 0.25) is 0 Å². The molecule has 2 bridgehead atoms. The average Bonchev–Trinajstić information content (AvgIpc) is 2.46. The van der Waals surface area contributed by atoms with Gasteiger partial charge in [-0.25, -0.2) is 0 Å². The van der Waals surface area contributed by atoms with Crippen LogP contribution in [-0.4, -0.2) is 31.3 Å². The highest BCUT2D eigenvalue weighted by atomic mass is 16.5. The molecule has 52 valence electrons. The van der Waals surface area contributed by atoms with Gasteiger partial charge in [-0.15, -0.1) is 0 Å². The van der Waals surface area contributed by atoms with Crippen LogP contribution in [-0.2, 0) is 4.74 Å². The topological polar surface area (TPSA) is 47.3 Å². The predicted molar refractivity (Wildman–Crippen MR) is 34.1 cm³/mol. The standard InChI is InChI=1S/C6H12N2O/c7-3-6-1-5(2-9-6)8-4-6/h5,8H,1-4,7H2. The van der Waals surface area contributed by atoms with E-state index in [-0.39, 0.29) is 5.60 Å². The molecule has 9 heavy (non-hydrogen) atoms. The van der Waals surface area contributed by atoms with Gasteiger partial charge < -0.3 is 15.8 Å². The van der Waals surface area contributed by atoms with Gasteiger partial charge in [-0.3, -0.25) is 0 Å². The molecule has 2 atom stereocenters. The molecule has 0 aromatic carbocycles. The summed E-state index contributed by atoms with van der Waals surface area (Å²) in [5.74, 6) is 0. The summed E-state index contributed by atoms with van der Waals surface area (Å²) in [6, 6.07) is 0.591. The third-order valence-electron chi connectivity index (χ3n) is 2.29. The Morgan fingerprint density at radius 1 is 1.78 bits per heavy atom. The monoisotopic (exact) mass is 128 g/mol. The first-order valence-electron chi connectivity index (χ1n) is 3.42. The fraction of sp³-hybridized carbons (Fsp3) is 1.00. The van der Waals surface area contributed by atoms with E-state index in [1.165, 1.54) is 0 Å². The van der Waals surface area contributed by atoms with E-state index in [1.807, 2.05) is 0 Å². The molecule has 2 heterocycles. The first-order chi connectivity index (χ1) is 4.35. The van der Waals surface area contributed by atoms with Crippen LogP contribution in [0.5, 0.6) is 0 Å². The molecule has 0 aromatic rings. The van der Waals surface area contributed by atoms with Crippen LogP contribution in [0.15, 0.2) is 0 Å². The summed E-state index contributed by atoms with van der Waals surface area (Å²) in [5, 5.41) is 3.34. The smallest absolute Gasteiger partial charge is 0.0944 e. The minimum atomic E-state index is 0.0185. The molecule has 0 amide bonds. The molecule has 3 N–H and O–H groups in total. The van der Waals surface area contributed by atoms with Crippen molar-refractivity contribution >= 4 is 0 Å². The van der Waals surface area contributed by atoms with Crippen LogP contribution in [0.25, 0.3) is 0 Å². The maximum atomic E-state index is 5.54. The quantitative estimate of drug-likeness (QED) is 0.480. The molecule has 2 rings (SSSR count). The molecular formula is C6H12N2O. The zero-order chi connectivity index (χ0) is 6.32. The summed E-state index contributed by atoms with van der Waals surface area (Å²) in [7, 11) is 0. The summed E-state index contributed by atoms with van der Waals surface area (Å²) in [4.78, 5) is 0. The van der Waals surface area contributed by atoms with Gasteiger partial charge in [0.1, 0.15) is 0 Å². The van der Waals surface area contributed by atoms with Gasteiger partial charge in [0.25, 0.3) is 0 Å². The van der Waals surface area contributed by atoms with Crippen LogP contribution in [0.1, 0.15) is 6.42 Å². The molecular weight excluding hydrogens is 116 g/mol. The van der Waals surface area contributed by atoms with Gasteiger partial charge in [0.05, 0.1) is 12.2 Å². The molecule has 0 spiro atoms. The minimum Gasteiger partial charge on any atom is -0.371 e. The third kappa shape index (κ3) is 0.689. The zero-order valence-corrected chi connectivity index (χ0v) is 5.39. The van der Waals surface area contributed by atoms with E-state index in [0.29, 0.717) is 12.6 Å². The molecule has 0 saturated carbocycles. The Bertz CT molecular complexity index is 118. The number of nitrogens with one attached hydrogen (secondary N) is 1. The highest BCUT2D eigenvalue weighted by Crippen LogP contribution is 2.29.